The van der Waals surface area contributed by atoms with Crippen molar-refractivity contribution >= 4 is 15.8 Å². The van der Waals surface area contributed by atoms with Crippen LogP contribution in [0.15, 0.2) is 0 Å². The first-order valence-corrected chi connectivity index (χ1v) is 10.6. The number of hydrogen-bond acceptors (Lipinski definition) is 5. The van der Waals surface area contributed by atoms with Crippen LogP contribution in [-0.4, -0.2) is 57.4 Å². The molecule has 1 rings (SSSR count). The van der Waals surface area contributed by atoms with Crippen LogP contribution in [0, 0.1) is 17.8 Å². The van der Waals surface area contributed by atoms with Crippen LogP contribution < -0.4 is 0 Å². The van der Waals surface area contributed by atoms with E-state index in [1.54, 1.807) is 21.0 Å². The molecule has 0 bridgehead atoms. The van der Waals surface area contributed by atoms with E-state index in [2.05, 4.69) is 0 Å². The van der Waals surface area contributed by atoms with Crippen molar-refractivity contribution in [3.05, 3.63) is 0 Å². The fourth-order valence-electron chi connectivity index (χ4n) is 3.07. The molecular formula is C17H32O6S. The van der Waals surface area contributed by atoms with E-state index < -0.39 is 21.7 Å². The third-order valence-corrected chi connectivity index (χ3v) is 6.56. The zero-order valence-corrected chi connectivity index (χ0v) is 15.9. The SMILES string of the molecule is COC1CCC(COCCCS(=O)(=O)CC(C(=O)O)C(C)C)CC1. The predicted molar refractivity (Wildman–Crippen MR) is 92.8 cm³/mol. The lowest BCUT2D eigenvalue weighted by Gasteiger charge is -2.27. The van der Waals surface area contributed by atoms with Gasteiger partial charge in [0.05, 0.1) is 23.5 Å². The minimum atomic E-state index is -3.36. The van der Waals surface area contributed by atoms with E-state index in [1.807, 2.05) is 0 Å². The number of aliphatic carboxylic acids is 1. The lowest BCUT2D eigenvalue weighted by Crippen LogP contribution is -2.29. The Morgan fingerprint density at radius 3 is 2.33 bits per heavy atom. The van der Waals surface area contributed by atoms with E-state index in [9.17, 15) is 13.2 Å². The molecule has 1 N–H and O–H groups in total. The molecule has 0 radical (unpaired) electrons. The Balaban J connectivity index is 2.21. The van der Waals surface area contributed by atoms with E-state index in [0.717, 1.165) is 25.7 Å². The van der Waals surface area contributed by atoms with Crippen molar-refractivity contribution < 1.29 is 27.8 Å². The highest BCUT2D eigenvalue weighted by Gasteiger charge is 2.27. The number of carboxylic acid groups (broad SMARTS) is 1. The van der Waals surface area contributed by atoms with Crippen LogP contribution in [0.2, 0.25) is 0 Å². The Kier molecular flexibility index (Phi) is 9.23. The third-order valence-electron chi connectivity index (χ3n) is 4.78. The average molecular weight is 365 g/mol. The van der Waals surface area contributed by atoms with Gasteiger partial charge in [-0.15, -0.1) is 0 Å². The summed E-state index contributed by atoms with van der Waals surface area (Å²) >= 11 is 0. The second-order valence-electron chi connectivity index (χ2n) is 7.11. The lowest BCUT2D eigenvalue weighted by molar-refractivity contribution is -0.142. The average Bonchev–Trinajstić information content (AvgIpc) is 2.52. The van der Waals surface area contributed by atoms with Crippen LogP contribution in [0.4, 0.5) is 0 Å². The van der Waals surface area contributed by atoms with Gasteiger partial charge >= 0.3 is 5.97 Å². The molecule has 1 aliphatic rings. The van der Waals surface area contributed by atoms with Crippen molar-refractivity contribution in [3.63, 3.8) is 0 Å². The van der Waals surface area contributed by atoms with E-state index in [0.29, 0.717) is 31.7 Å². The van der Waals surface area contributed by atoms with Gasteiger partial charge < -0.3 is 14.6 Å². The summed E-state index contributed by atoms with van der Waals surface area (Å²) in [5.41, 5.74) is 0. The van der Waals surface area contributed by atoms with E-state index in [-0.39, 0.29) is 17.4 Å². The molecule has 0 aromatic carbocycles. The number of ether oxygens (including phenoxy) is 2. The molecule has 1 unspecified atom stereocenters. The largest absolute Gasteiger partial charge is 0.481 e. The van der Waals surface area contributed by atoms with Gasteiger partial charge in [-0.25, -0.2) is 8.42 Å². The summed E-state index contributed by atoms with van der Waals surface area (Å²) in [6, 6.07) is 0. The monoisotopic (exact) mass is 364 g/mol. The fraction of sp³-hybridized carbons (Fsp3) is 0.941. The van der Waals surface area contributed by atoms with Gasteiger partial charge in [0.2, 0.25) is 0 Å². The maximum absolute atomic E-state index is 12.1. The normalized spacial score (nSPS) is 23.3. The molecule has 0 aromatic heterocycles. The predicted octanol–water partition coefficient (Wildman–Crippen LogP) is 2.37. The third kappa shape index (κ3) is 7.94. The molecule has 142 valence electrons. The summed E-state index contributed by atoms with van der Waals surface area (Å²) in [5.74, 6) is -1.86. The number of rotatable bonds is 11. The zero-order chi connectivity index (χ0) is 18.2. The van der Waals surface area contributed by atoms with Gasteiger partial charge in [-0.2, -0.15) is 0 Å². The second kappa shape index (κ2) is 10.4. The van der Waals surface area contributed by atoms with Gasteiger partial charge in [0, 0.05) is 20.3 Å². The molecule has 1 saturated carbocycles. The molecule has 1 fully saturated rings. The van der Waals surface area contributed by atoms with Crippen LogP contribution in [0.5, 0.6) is 0 Å². The summed E-state index contributed by atoms with van der Waals surface area (Å²) in [6.07, 6.45) is 5.08. The van der Waals surface area contributed by atoms with Gasteiger partial charge in [-0.3, -0.25) is 4.79 Å². The number of carboxylic acids is 1. The Morgan fingerprint density at radius 1 is 1.21 bits per heavy atom. The van der Waals surface area contributed by atoms with Crippen LogP contribution in [0.3, 0.4) is 0 Å². The smallest absolute Gasteiger partial charge is 0.307 e. The molecule has 7 heteroatoms. The fourth-order valence-corrected chi connectivity index (χ4v) is 4.87. The summed E-state index contributed by atoms with van der Waals surface area (Å²) in [4.78, 5) is 11.1. The van der Waals surface area contributed by atoms with Gasteiger partial charge in [0.15, 0.2) is 9.84 Å². The summed E-state index contributed by atoms with van der Waals surface area (Å²) < 4.78 is 35.1. The standard InChI is InChI=1S/C17H32O6S/c1-13(2)16(17(18)19)12-24(20,21)10-4-9-23-11-14-5-7-15(22-3)8-6-14/h13-16H,4-12H2,1-3H3,(H,18,19). The van der Waals surface area contributed by atoms with Crippen molar-refractivity contribution in [1.29, 1.82) is 0 Å². The zero-order valence-electron chi connectivity index (χ0n) is 15.1. The maximum atomic E-state index is 12.1. The number of methoxy groups -OCH3 is 1. The van der Waals surface area contributed by atoms with Crippen molar-refractivity contribution in [2.75, 3.05) is 31.8 Å². The molecule has 0 amide bonds. The quantitative estimate of drug-likeness (QED) is 0.566. The van der Waals surface area contributed by atoms with Crippen molar-refractivity contribution in [2.45, 2.75) is 52.1 Å². The number of hydrogen-bond donors (Lipinski definition) is 1. The summed E-state index contributed by atoms with van der Waals surface area (Å²) in [7, 11) is -1.62. The van der Waals surface area contributed by atoms with E-state index in [4.69, 9.17) is 14.6 Å². The molecule has 0 aromatic rings. The van der Waals surface area contributed by atoms with Crippen molar-refractivity contribution in [2.24, 2.45) is 17.8 Å². The highest BCUT2D eigenvalue weighted by Crippen LogP contribution is 2.26. The lowest BCUT2D eigenvalue weighted by atomic mass is 9.88. The van der Waals surface area contributed by atoms with Gasteiger partial charge in [-0.05, 0) is 43.9 Å². The molecule has 24 heavy (non-hydrogen) atoms. The molecule has 0 aliphatic heterocycles. The van der Waals surface area contributed by atoms with Crippen LogP contribution in [0.25, 0.3) is 0 Å². The first kappa shape index (κ1) is 21.4. The molecular weight excluding hydrogens is 332 g/mol. The Bertz CT molecular complexity index is 465. The Morgan fingerprint density at radius 2 is 1.83 bits per heavy atom. The molecule has 0 heterocycles. The molecule has 0 saturated heterocycles. The van der Waals surface area contributed by atoms with Gasteiger partial charge in [-0.1, -0.05) is 13.8 Å². The minimum Gasteiger partial charge on any atom is -0.481 e. The van der Waals surface area contributed by atoms with E-state index in [1.165, 1.54) is 0 Å². The van der Waals surface area contributed by atoms with Crippen LogP contribution in [-0.2, 0) is 24.1 Å². The van der Waals surface area contributed by atoms with Gasteiger partial charge in [0.1, 0.15) is 0 Å². The Hall–Kier alpha value is -0.660. The molecule has 1 atom stereocenters. The van der Waals surface area contributed by atoms with Gasteiger partial charge in [0.25, 0.3) is 0 Å². The highest BCUT2D eigenvalue weighted by molar-refractivity contribution is 7.91. The number of carbonyl (C=O) groups is 1. The molecule has 6 nitrogen and oxygen atoms in total. The molecule has 0 spiro atoms. The minimum absolute atomic E-state index is 0.0140. The summed E-state index contributed by atoms with van der Waals surface area (Å²) in [6.45, 7) is 4.54. The number of sulfone groups is 1. The van der Waals surface area contributed by atoms with E-state index >= 15 is 0 Å². The highest BCUT2D eigenvalue weighted by atomic mass is 32.2. The Labute approximate surface area is 145 Å². The second-order valence-corrected chi connectivity index (χ2v) is 9.34. The molecule has 1 aliphatic carbocycles. The first-order chi connectivity index (χ1) is 11.2. The van der Waals surface area contributed by atoms with Crippen LogP contribution in [0.1, 0.15) is 46.0 Å². The first-order valence-electron chi connectivity index (χ1n) is 8.79. The van der Waals surface area contributed by atoms with Crippen LogP contribution >= 0.6 is 0 Å². The van der Waals surface area contributed by atoms with Crippen molar-refractivity contribution in [3.8, 4) is 0 Å². The van der Waals surface area contributed by atoms with Crippen molar-refractivity contribution in [1.82, 2.24) is 0 Å². The topological polar surface area (TPSA) is 89.9 Å². The maximum Gasteiger partial charge on any atom is 0.307 e. The summed E-state index contributed by atoms with van der Waals surface area (Å²) in [5, 5.41) is 9.10.